The van der Waals surface area contributed by atoms with Crippen LogP contribution in [0.3, 0.4) is 0 Å². The molecule has 2 rings (SSSR count). The highest BCUT2D eigenvalue weighted by molar-refractivity contribution is 7.99. The van der Waals surface area contributed by atoms with Gasteiger partial charge in [-0.2, -0.15) is 0 Å². The molecule has 2 aromatic rings. The highest BCUT2D eigenvalue weighted by Crippen LogP contribution is 2.19. The maximum atomic E-state index is 12.0. The number of amides is 1. The summed E-state index contributed by atoms with van der Waals surface area (Å²) in [5.41, 5.74) is 0.512. The second kappa shape index (κ2) is 7.77. The SMILES string of the molecule is CCc1nnc(SCC(=O)Nc2ccc(S(=O)(=O)N(C)C)cc2)o1. The molecule has 1 N–H and O–H groups in total. The van der Waals surface area contributed by atoms with E-state index in [9.17, 15) is 13.2 Å². The van der Waals surface area contributed by atoms with Crippen molar-refractivity contribution in [2.75, 3.05) is 25.2 Å². The molecule has 0 radical (unpaired) electrons. The number of hydrogen-bond acceptors (Lipinski definition) is 7. The summed E-state index contributed by atoms with van der Waals surface area (Å²) < 4.78 is 30.4. The Morgan fingerprint density at radius 3 is 2.46 bits per heavy atom. The van der Waals surface area contributed by atoms with Crippen LogP contribution < -0.4 is 5.32 Å². The normalized spacial score (nSPS) is 11.7. The van der Waals surface area contributed by atoms with Gasteiger partial charge in [0.2, 0.25) is 21.8 Å². The van der Waals surface area contributed by atoms with Gasteiger partial charge >= 0.3 is 0 Å². The first kappa shape index (κ1) is 18.4. The third-order valence-corrected chi connectivity index (χ3v) is 5.64. The molecule has 0 spiro atoms. The van der Waals surface area contributed by atoms with Crippen molar-refractivity contribution in [3.63, 3.8) is 0 Å². The smallest absolute Gasteiger partial charge is 0.277 e. The van der Waals surface area contributed by atoms with Crippen molar-refractivity contribution in [2.24, 2.45) is 0 Å². The molecule has 0 aliphatic rings. The number of sulfonamides is 1. The Hall–Kier alpha value is -1.91. The molecule has 1 aromatic heterocycles. The molecule has 0 unspecified atom stereocenters. The maximum Gasteiger partial charge on any atom is 0.277 e. The molecule has 24 heavy (non-hydrogen) atoms. The number of carbonyl (C=O) groups is 1. The summed E-state index contributed by atoms with van der Waals surface area (Å²) in [5.74, 6) is 0.387. The molecule has 0 fully saturated rings. The number of thioether (sulfide) groups is 1. The van der Waals surface area contributed by atoms with Crippen LogP contribution in [0.1, 0.15) is 12.8 Å². The fourth-order valence-corrected chi connectivity index (χ4v) is 3.17. The lowest BCUT2D eigenvalue weighted by atomic mass is 10.3. The number of nitrogens with zero attached hydrogens (tertiary/aromatic N) is 3. The van der Waals surface area contributed by atoms with Crippen LogP contribution in [0.2, 0.25) is 0 Å². The van der Waals surface area contributed by atoms with E-state index in [-0.39, 0.29) is 16.6 Å². The minimum Gasteiger partial charge on any atom is -0.416 e. The molecule has 1 heterocycles. The highest BCUT2D eigenvalue weighted by atomic mass is 32.2. The lowest BCUT2D eigenvalue weighted by molar-refractivity contribution is -0.113. The largest absolute Gasteiger partial charge is 0.416 e. The first-order chi connectivity index (χ1) is 11.3. The van der Waals surface area contributed by atoms with Crippen molar-refractivity contribution in [2.45, 2.75) is 23.5 Å². The Bertz CT molecular complexity index is 800. The fourth-order valence-electron chi connectivity index (χ4n) is 1.68. The Kier molecular flexibility index (Phi) is 5.97. The number of aryl methyl sites for hydroxylation is 1. The average Bonchev–Trinajstić information content (AvgIpc) is 3.01. The van der Waals surface area contributed by atoms with Crippen LogP contribution in [-0.2, 0) is 21.2 Å². The van der Waals surface area contributed by atoms with E-state index in [1.165, 1.54) is 26.2 Å². The Morgan fingerprint density at radius 1 is 1.25 bits per heavy atom. The van der Waals surface area contributed by atoms with E-state index in [0.717, 1.165) is 16.1 Å². The van der Waals surface area contributed by atoms with Gasteiger partial charge in [-0.3, -0.25) is 4.79 Å². The van der Waals surface area contributed by atoms with Crippen LogP contribution in [0.5, 0.6) is 0 Å². The molecule has 0 aliphatic heterocycles. The minimum absolute atomic E-state index is 0.114. The number of nitrogens with one attached hydrogen (secondary N) is 1. The van der Waals surface area contributed by atoms with Crippen molar-refractivity contribution < 1.29 is 17.6 Å². The second-order valence-electron chi connectivity index (χ2n) is 4.96. The molecule has 1 amide bonds. The molecule has 130 valence electrons. The van der Waals surface area contributed by atoms with Crippen molar-refractivity contribution in [3.05, 3.63) is 30.2 Å². The van der Waals surface area contributed by atoms with E-state index < -0.39 is 10.0 Å². The number of benzene rings is 1. The minimum atomic E-state index is -3.48. The molecule has 0 bridgehead atoms. The third-order valence-electron chi connectivity index (χ3n) is 2.99. The molecular weight excluding hydrogens is 352 g/mol. The van der Waals surface area contributed by atoms with Crippen LogP contribution in [0.25, 0.3) is 0 Å². The monoisotopic (exact) mass is 370 g/mol. The quantitative estimate of drug-likeness (QED) is 0.738. The lowest BCUT2D eigenvalue weighted by Crippen LogP contribution is -2.22. The molecule has 1 aromatic carbocycles. The Morgan fingerprint density at radius 2 is 1.92 bits per heavy atom. The molecule has 0 saturated heterocycles. The molecule has 0 aliphatic carbocycles. The van der Waals surface area contributed by atoms with Crippen LogP contribution >= 0.6 is 11.8 Å². The summed E-state index contributed by atoms with van der Waals surface area (Å²) in [6, 6.07) is 5.98. The van der Waals surface area contributed by atoms with Crippen molar-refractivity contribution in [1.82, 2.24) is 14.5 Å². The average molecular weight is 370 g/mol. The van der Waals surface area contributed by atoms with Gasteiger partial charge in [-0.15, -0.1) is 10.2 Å². The Balaban J connectivity index is 1.92. The summed E-state index contributed by atoms with van der Waals surface area (Å²) in [7, 11) is -0.556. The predicted octanol–water partition coefficient (Wildman–Crippen LogP) is 1.61. The molecule has 10 heteroatoms. The highest BCUT2D eigenvalue weighted by Gasteiger charge is 2.17. The number of anilines is 1. The van der Waals surface area contributed by atoms with Gasteiger partial charge in [-0.1, -0.05) is 18.7 Å². The summed E-state index contributed by atoms with van der Waals surface area (Å²) in [5, 5.41) is 10.7. The van der Waals surface area contributed by atoms with Gasteiger partial charge < -0.3 is 9.73 Å². The van der Waals surface area contributed by atoms with Gasteiger partial charge in [0, 0.05) is 26.2 Å². The topological polar surface area (TPSA) is 105 Å². The molecular formula is C14H18N4O4S2. The van der Waals surface area contributed by atoms with Crippen molar-refractivity contribution >= 4 is 33.4 Å². The van der Waals surface area contributed by atoms with Gasteiger partial charge in [-0.25, -0.2) is 12.7 Å². The van der Waals surface area contributed by atoms with Gasteiger partial charge in [0.15, 0.2) is 0 Å². The van der Waals surface area contributed by atoms with E-state index in [4.69, 9.17) is 4.42 Å². The van der Waals surface area contributed by atoms with Gasteiger partial charge in [0.25, 0.3) is 5.22 Å². The molecule has 8 nitrogen and oxygen atoms in total. The zero-order chi connectivity index (χ0) is 17.7. The zero-order valence-electron chi connectivity index (χ0n) is 13.5. The summed E-state index contributed by atoms with van der Waals surface area (Å²) in [6.45, 7) is 1.90. The van der Waals surface area contributed by atoms with E-state index in [0.29, 0.717) is 23.2 Å². The maximum absolute atomic E-state index is 12.0. The van der Waals surface area contributed by atoms with Crippen LogP contribution in [-0.4, -0.2) is 48.7 Å². The second-order valence-corrected chi connectivity index (χ2v) is 8.04. The van der Waals surface area contributed by atoms with E-state index in [2.05, 4.69) is 15.5 Å². The fraction of sp³-hybridized carbons (Fsp3) is 0.357. The van der Waals surface area contributed by atoms with Crippen molar-refractivity contribution in [1.29, 1.82) is 0 Å². The third kappa shape index (κ3) is 4.56. The van der Waals surface area contributed by atoms with E-state index >= 15 is 0 Å². The van der Waals surface area contributed by atoms with Crippen molar-refractivity contribution in [3.8, 4) is 0 Å². The number of hydrogen-bond donors (Lipinski definition) is 1. The zero-order valence-corrected chi connectivity index (χ0v) is 15.1. The predicted molar refractivity (Wildman–Crippen MR) is 90.3 cm³/mol. The Labute approximate surface area is 144 Å². The number of carbonyl (C=O) groups excluding carboxylic acids is 1. The number of rotatable bonds is 7. The summed E-state index contributed by atoms with van der Waals surface area (Å²) in [4.78, 5) is 12.1. The summed E-state index contributed by atoms with van der Waals surface area (Å²) in [6.07, 6.45) is 0.641. The van der Waals surface area contributed by atoms with Gasteiger partial charge in [-0.05, 0) is 24.3 Å². The van der Waals surface area contributed by atoms with Crippen LogP contribution in [0.4, 0.5) is 5.69 Å². The van der Waals surface area contributed by atoms with Gasteiger partial charge in [0.1, 0.15) is 0 Å². The van der Waals surface area contributed by atoms with E-state index in [1.54, 1.807) is 12.1 Å². The first-order valence-corrected chi connectivity index (χ1v) is 9.53. The van der Waals surface area contributed by atoms with Gasteiger partial charge in [0.05, 0.1) is 10.6 Å². The lowest BCUT2D eigenvalue weighted by Gasteiger charge is -2.11. The summed E-state index contributed by atoms with van der Waals surface area (Å²) >= 11 is 1.14. The van der Waals surface area contributed by atoms with E-state index in [1.807, 2.05) is 6.92 Å². The number of aromatic nitrogens is 2. The van der Waals surface area contributed by atoms with Crippen LogP contribution in [0.15, 0.2) is 38.8 Å². The standard InChI is InChI=1S/C14H18N4O4S2/c1-4-13-16-17-14(22-13)23-9-12(19)15-10-5-7-11(8-6-10)24(20,21)18(2)3/h5-8H,4,9H2,1-3H3,(H,15,19). The molecule has 0 atom stereocenters. The van der Waals surface area contributed by atoms with Crippen LogP contribution in [0, 0.1) is 0 Å². The molecule has 0 saturated carbocycles. The first-order valence-electron chi connectivity index (χ1n) is 7.10.